The molecule has 0 saturated heterocycles. The number of nitrogen functional groups attached to an aromatic ring is 1. The Hall–Kier alpha value is -1.63. The minimum Gasteiger partial charge on any atom is -0.398 e. The van der Waals surface area contributed by atoms with Gasteiger partial charge in [0.2, 0.25) is 0 Å². The van der Waals surface area contributed by atoms with Crippen LogP contribution in [0.4, 0.5) is 10.1 Å². The number of nitrogens with two attached hydrogens (primary N) is 1. The van der Waals surface area contributed by atoms with Crippen molar-refractivity contribution >= 4 is 61.5 Å². The molecule has 0 unspecified atom stereocenters. The summed E-state index contributed by atoms with van der Waals surface area (Å²) in [7, 11) is 1.68. The molecule has 23 heavy (non-hydrogen) atoms. The van der Waals surface area contributed by atoms with Crippen molar-refractivity contribution in [3.8, 4) is 0 Å². The highest BCUT2D eigenvalue weighted by molar-refractivity contribution is 9.10. The molecule has 0 aliphatic carbocycles. The number of carbonyl (C=O) groups is 1. The van der Waals surface area contributed by atoms with Crippen molar-refractivity contribution in [3.63, 3.8) is 0 Å². The second-order valence-corrected chi connectivity index (χ2v) is 6.48. The maximum absolute atomic E-state index is 13.4. The molecule has 0 aliphatic rings. The van der Waals surface area contributed by atoms with E-state index >= 15 is 0 Å². The predicted molar refractivity (Wildman–Crippen MR) is 92.7 cm³/mol. The summed E-state index contributed by atoms with van der Waals surface area (Å²) < 4.78 is 15.3. The van der Waals surface area contributed by atoms with Gasteiger partial charge in [0.05, 0.1) is 15.1 Å². The zero-order chi connectivity index (χ0) is 16.9. The van der Waals surface area contributed by atoms with E-state index in [1.807, 2.05) is 0 Å². The van der Waals surface area contributed by atoms with Gasteiger partial charge in [0.1, 0.15) is 16.5 Å². The van der Waals surface area contributed by atoms with Crippen molar-refractivity contribution < 1.29 is 9.18 Å². The third kappa shape index (κ3) is 2.60. The van der Waals surface area contributed by atoms with Crippen molar-refractivity contribution in [1.82, 2.24) is 9.78 Å². The molecular weight excluding hydrogens is 408 g/mol. The SMILES string of the molecule is Cn1nc2c(Br)c(C(=O)c3cc(F)ccc3Cl)c(N)cc2c1Cl. The molecule has 0 fully saturated rings. The smallest absolute Gasteiger partial charge is 0.197 e. The van der Waals surface area contributed by atoms with Gasteiger partial charge in [-0.05, 0) is 40.2 Å². The van der Waals surface area contributed by atoms with Crippen molar-refractivity contribution in [1.29, 1.82) is 0 Å². The number of anilines is 1. The Labute approximate surface area is 149 Å². The average Bonchev–Trinajstić information content (AvgIpc) is 2.78. The molecule has 0 radical (unpaired) electrons. The molecule has 3 rings (SSSR count). The first-order chi connectivity index (χ1) is 10.8. The first kappa shape index (κ1) is 16.2. The van der Waals surface area contributed by atoms with Crippen LogP contribution in [0.25, 0.3) is 10.9 Å². The molecule has 2 N–H and O–H groups in total. The summed E-state index contributed by atoms with van der Waals surface area (Å²) in [6.07, 6.45) is 0. The van der Waals surface area contributed by atoms with Crippen molar-refractivity contribution in [2.24, 2.45) is 7.05 Å². The van der Waals surface area contributed by atoms with Gasteiger partial charge in [0.25, 0.3) is 0 Å². The van der Waals surface area contributed by atoms with E-state index in [1.54, 1.807) is 13.1 Å². The highest BCUT2D eigenvalue weighted by Crippen LogP contribution is 2.37. The van der Waals surface area contributed by atoms with Gasteiger partial charge in [-0.3, -0.25) is 9.48 Å². The highest BCUT2D eigenvalue weighted by Gasteiger charge is 2.23. The Kier molecular flexibility index (Phi) is 4.08. The minimum atomic E-state index is -0.561. The molecule has 2 aromatic carbocycles. The fourth-order valence-corrected chi connectivity index (χ4v) is 3.41. The standard InChI is InChI=1S/C15H9BrCl2FN3O/c1-22-15(18)8-5-10(20)11(12(16)13(8)21-22)14(23)7-4-6(19)2-3-9(7)17/h2-5H,20H2,1H3. The first-order valence-electron chi connectivity index (χ1n) is 6.41. The van der Waals surface area contributed by atoms with Crippen LogP contribution in [0.2, 0.25) is 10.2 Å². The number of rotatable bonds is 2. The van der Waals surface area contributed by atoms with Gasteiger partial charge in [0, 0.05) is 23.7 Å². The van der Waals surface area contributed by atoms with Crippen LogP contribution >= 0.6 is 39.1 Å². The van der Waals surface area contributed by atoms with Gasteiger partial charge in [-0.2, -0.15) is 5.10 Å². The van der Waals surface area contributed by atoms with Crippen LogP contribution in [0.1, 0.15) is 15.9 Å². The van der Waals surface area contributed by atoms with Gasteiger partial charge < -0.3 is 5.73 Å². The summed E-state index contributed by atoms with van der Waals surface area (Å²) in [5.74, 6) is -1.06. The van der Waals surface area contributed by atoms with Gasteiger partial charge in [-0.15, -0.1) is 0 Å². The lowest BCUT2D eigenvalue weighted by atomic mass is 10.00. The molecule has 118 valence electrons. The fraction of sp³-hybridized carbons (Fsp3) is 0.0667. The van der Waals surface area contributed by atoms with Gasteiger partial charge in [0.15, 0.2) is 5.78 Å². The van der Waals surface area contributed by atoms with Crippen LogP contribution < -0.4 is 5.73 Å². The number of fused-ring (bicyclic) bond motifs is 1. The maximum atomic E-state index is 13.4. The Morgan fingerprint density at radius 3 is 2.74 bits per heavy atom. The van der Waals surface area contributed by atoms with E-state index in [0.29, 0.717) is 20.5 Å². The zero-order valence-electron chi connectivity index (χ0n) is 11.7. The summed E-state index contributed by atoms with van der Waals surface area (Å²) in [5.41, 5.74) is 6.89. The summed E-state index contributed by atoms with van der Waals surface area (Å²) in [6.45, 7) is 0. The van der Waals surface area contributed by atoms with E-state index in [9.17, 15) is 9.18 Å². The normalized spacial score (nSPS) is 11.2. The second kappa shape index (κ2) is 5.78. The molecule has 3 aromatic rings. The van der Waals surface area contributed by atoms with Crippen LogP contribution in [0.15, 0.2) is 28.7 Å². The lowest BCUT2D eigenvalue weighted by Crippen LogP contribution is -2.08. The number of ketones is 1. The molecule has 1 aromatic heterocycles. The van der Waals surface area contributed by atoms with Crippen LogP contribution in [-0.2, 0) is 7.05 Å². The minimum absolute atomic E-state index is 0.0282. The van der Waals surface area contributed by atoms with Gasteiger partial charge >= 0.3 is 0 Å². The van der Waals surface area contributed by atoms with Crippen LogP contribution in [-0.4, -0.2) is 15.6 Å². The van der Waals surface area contributed by atoms with E-state index in [2.05, 4.69) is 21.0 Å². The Bertz CT molecular complexity index is 971. The lowest BCUT2D eigenvalue weighted by molar-refractivity contribution is 0.103. The van der Waals surface area contributed by atoms with E-state index in [1.165, 1.54) is 16.8 Å². The Morgan fingerprint density at radius 2 is 2.04 bits per heavy atom. The van der Waals surface area contributed by atoms with Crippen molar-refractivity contribution in [2.45, 2.75) is 0 Å². The molecule has 8 heteroatoms. The number of hydrogen-bond acceptors (Lipinski definition) is 3. The Balaban J connectivity index is 2.27. The average molecular weight is 417 g/mol. The van der Waals surface area contributed by atoms with Crippen molar-refractivity contribution in [3.05, 3.63) is 55.9 Å². The quantitative estimate of drug-likeness (QED) is 0.490. The van der Waals surface area contributed by atoms with E-state index in [0.717, 1.165) is 6.07 Å². The topological polar surface area (TPSA) is 60.9 Å². The molecular formula is C15H9BrCl2FN3O. The molecule has 0 spiro atoms. The number of halogens is 4. The number of nitrogens with zero attached hydrogens (tertiary/aromatic N) is 2. The predicted octanol–water partition coefficient (Wildman–Crippen LogP) is 4.59. The largest absolute Gasteiger partial charge is 0.398 e. The molecule has 0 saturated carbocycles. The number of hydrogen-bond donors (Lipinski definition) is 1. The maximum Gasteiger partial charge on any atom is 0.197 e. The zero-order valence-corrected chi connectivity index (χ0v) is 14.8. The molecule has 1 heterocycles. The lowest BCUT2D eigenvalue weighted by Gasteiger charge is -2.09. The Morgan fingerprint density at radius 1 is 1.35 bits per heavy atom. The highest BCUT2D eigenvalue weighted by atomic mass is 79.9. The molecule has 4 nitrogen and oxygen atoms in total. The summed E-state index contributed by atoms with van der Waals surface area (Å²) in [6, 6.07) is 5.14. The number of aromatic nitrogens is 2. The van der Waals surface area contributed by atoms with Crippen LogP contribution in [0, 0.1) is 5.82 Å². The van der Waals surface area contributed by atoms with E-state index < -0.39 is 11.6 Å². The third-order valence-corrected chi connectivity index (χ3v) is 4.98. The molecule has 0 aliphatic heterocycles. The van der Waals surface area contributed by atoms with Crippen LogP contribution in [0.5, 0.6) is 0 Å². The number of aryl methyl sites for hydroxylation is 1. The summed E-state index contributed by atoms with van der Waals surface area (Å²) in [5, 5.41) is 5.40. The molecule has 0 bridgehead atoms. The number of benzene rings is 2. The van der Waals surface area contributed by atoms with Crippen molar-refractivity contribution in [2.75, 3.05) is 5.73 Å². The van der Waals surface area contributed by atoms with Gasteiger partial charge in [-0.1, -0.05) is 23.2 Å². The molecule has 0 atom stereocenters. The monoisotopic (exact) mass is 415 g/mol. The molecule has 0 amide bonds. The third-order valence-electron chi connectivity index (χ3n) is 3.43. The van der Waals surface area contributed by atoms with Crippen LogP contribution in [0.3, 0.4) is 0 Å². The summed E-state index contributed by atoms with van der Waals surface area (Å²) in [4.78, 5) is 12.8. The first-order valence-corrected chi connectivity index (χ1v) is 7.96. The second-order valence-electron chi connectivity index (χ2n) is 4.92. The number of carbonyl (C=O) groups excluding carboxylic acids is 1. The summed E-state index contributed by atoms with van der Waals surface area (Å²) >= 11 is 15.5. The van der Waals surface area contributed by atoms with E-state index in [4.69, 9.17) is 28.9 Å². The van der Waals surface area contributed by atoms with E-state index in [-0.39, 0.29) is 21.8 Å². The fourth-order valence-electron chi connectivity index (χ4n) is 2.32. The van der Waals surface area contributed by atoms with Gasteiger partial charge in [-0.25, -0.2) is 4.39 Å².